The van der Waals surface area contributed by atoms with Gasteiger partial charge in [0.15, 0.2) is 0 Å². The number of rotatable bonds is 8. The third-order valence-corrected chi connectivity index (χ3v) is 7.53. The number of thioether (sulfide) groups is 1. The lowest BCUT2D eigenvalue weighted by molar-refractivity contribution is 0.305. The molecule has 2 heterocycles. The predicted octanol–water partition coefficient (Wildman–Crippen LogP) is 4.31. The molecule has 3 rings (SSSR count). The Morgan fingerprint density at radius 2 is 1.93 bits per heavy atom. The summed E-state index contributed by atoms with van der Waals surface area (Å²) in [7, 11) is -0.470. The van der Waals surface area contributed by atoms with E-state index in [4.69, 9.17) is 16.3 Å². The van der Waals surface area contributed by atoms with Crippen molar-refractivity contribution in [3.8, 4) is 5.75 Å². The second kappa shape index (κ2) is 9.23. The predicted molar refractivity (Wildman–Crippen MR) is 113 cm³/mol. The zero-order valence-electron chi connectivity index (χ0n) is 15.2. The molecule has 0 fully saturated rings. The molecule has 0 saturated carbocycles. The van der Waals surface area contributed by atoms with Gasteiger partial charge in [0, 0.05) is 36.4 Å². The van der Waals surface area contributed by atoms with Crippen LogP contribution in [0.15, 0.2) is 57.9 Å². The minimum atomic E-state index is -3.46. The molecule has 0 atom stereocenters. The van der Waals surface area contributed by atoms with Crippen LogP contribution >= 0.6 is 34.7 Å². The number of sulfonamides is 1. The standard InChI is InChI=1S/C18H18ClN3O3S3/c1-22(2)28(23,24)16-7-8-17(20-9-16)26-11-14-12-27-18(21-14)10-25-15-5-3-13(19)4-6-15/h3-9,12H,10-11H2,1-2H3. The summed E-state index contributed by atoms with van der Waals surface area (Å²) in [5.74, 6) is 1.39. The first kappa shape index (κ1) is 21.1. The zero-order valence-corrected chi connectivity index (χ0v) is 18.4. The highest BCUT2D eigenvalue weighted by atomic mass is 35.5. The molecule has 0 spiro atoms. The van der Waals surface area contributed by atoms with Crippen LogP contribution in [0.25, 0.3) is 0 Å². The highest BCUT2D eigenvalue weighted by Crippen LogP contribution is 2.24. The zero-order chi connectivity index (χ0) is 20.1. The summed E-state index contributed by atoms with van der Waals surface area (Å²) < 4.78 is 31.0. The molecule has 0 saturated heterocycles. The molecule has 148 valence electrons. The topological polar surface area (TPSA) is 72.4 Å². The van der Waals surface area contributed by atoms with Crippen LogP contribution in [0.5, 0.6) is 5.75 Å². The van der Waals surface area contributed by atoms with Gasteiger partial charge >= 0.3 is 0 Å². The molecule has 10 heteroatoms. The molecular weight excluding hydrogens is 438 g/mol. The maximum absolute atomic E-state index is 12.1. The van der Waals surface area contributed by atoms with Crippen LogP contribution in [-0.4, -0.2) is 36.8 Å². The Balaban J connectivity index is 1.53. The molecule has 0 aliphatic heterocycles. The van der Waals surface area contributed by atoms with Crippen molar-refractivity contribution in [1.82, 2.24) is 14.3 Å². The molecule has 6 nitrogen and oxygen atoms in total. The normalized spacial score (nSPS) is 11.7. The summed E-state index contributed by atoms with van der Waals surface area (Å²) in [6.07, 6.45) is 1.38. The Labute approximate surface area is 177 Å². The van der Waals surface area contributed by atoms with Crippen LogP contribution in [0, 0.1) is 0 Å². The maximum Gasteiger partial charge on any atom is 0.244 e. The summed E-state index contributed by atoms with van der Waals surface area (Å²) in [6, 6.07) is 10.5. The molecule has 0 unspecified atom stereocenters. The van der Waals surface area contributed by atoms with Crippen molar-refractivity contribution in [1.29, 1.82) is 0 Å². The van der Waals surface area contributed by atoms with Gasteiger partial charge in [-0.05, 0) is 36.4 Å². The van der Waals surface area contributed by atoms with Gasteiger partial charge in [0.1, 0.15) is 22.3 Å². The van der Waals surface area contributed by atoms with E-state index in [1.165, 1.54) is 47.7 Å². The van der Waals surface area contributed by atoms with E-state index in [0.29, 0.717) is 17.4 Å². The molecule has 0 aliphatic carbocycles. The molecule has 0 radical (unpaired) electrons. The lowest BCUT2D eigenvalue weighted by atomic mass is 10.3. The fraction of sp³-hybridized carbons (Fsp3) is 0.222. The first-order valence-electron chi connectivity index (χ1n) is 8.17. The molecule has 28 heavy (non-hydrogen) atoms. The summed E-state index contributed by atoms with van der Waals surface area (Å²) in [4.78, 5) is 8.96. The highest BCUT2D eigenvalue weighted by Gasteiger charge is 2.17. The SMILES string of the molecule is CN(C)S(=O)(=O)c1ccc(SCc2csc(COc3ccc(Cl)cc3)n2)nc1. The van der Waals surface area contributed by atoms with Crippen LogP contribution < -0.4 is 4.74 Å². The number of thiazole rings is 1. The van der Waals surface area contributed by atoms with Crippen molar-refractivity contribution >= 4 is 44.7 Å². The smallest absolute Gasteiger partial charge is 0.244 e. The van der Waals surface area contributed by atoms with Crippen molar-refractivity contribution in [2.24, 2.45) is 0 Å². The maximum atomic E-state index is 12.1. The van der Waals surface area contributed by atoms with E-state index < -0.39 is 10.0 Å². The van der Waals surface area contributed by atoms with Gasteiger partial charge in [0.25, 0.3) is 0 Å². The van der Waals surface area contributed by atoms with Gasteiger partial charge < -0.3 is 4.74 Å². The van der Waals surface area contributed by atoms with Crippen LogP contribution in [0.2, 0.25) is 5.02 Å². The number of aromatic nitrogens is 2. The summed E-state index contributed by atoms with van der Waals surface area (Å²) in [5.41, 5.74) is 0.927. The Bertz CT molecular complexity index is 1020. The molecule has 2 aromatic heterocycles. The first-order chi connectivity index (χ1) is 13.3. The van der Waals surface area contributed by atoms with Gasteiger partial charge in [-0.15, -0.1) is 23.1 Å². The van der Waals surface area contributed by atoms with Crippen molar-refractivity contribution < 1.29 is 13.2 Å². The summed E-state index contributed by atoms with van der Waals surface area (Å²) in [6.45, 7) is 0.395. The van der Waals surface area contributed by atoms with Gasteiger partial charge in [0.2, 0.25) is 10.0 Å². The third kappa shape index (κ3) is 5.45. The van der Waals surface area contributed by atoms with Crippen LogP contribution in [0.4, 0.5) is 0 Å². The van der Waals surface area contributed by atoms with Crippen molar-refractivity contribution in [2.45, 2.75) is 22.3 Å². The third-order valence-electron chi connectivity index (χ3n) is 3.63. The number of pyridine rings is 1. The van der Waals surface area contributed by atoms with Gasteiger partial charge in [-0.1, -0.05) is 11.6 Å². The second-order valence-corrected chi connectivity index (χ2v) is 10.4. The van der Waals surface area contributed by atoms with Crippen molar-refractivity contribution in [3.63, 3.8) is 0 Å². The lowest BCUT2D eigenvalue weighted by Crippen LogP contribution is -2.22. The molecule has 0 amide bonds. The Hall–Kier alpha value is -1.65. The molecule has 0 bridgehead atoms. The van der Waals surface area contributed by atoms with Crippen LogP contribution in [0.1, 0.15) is 10.7 Å². The van der Waals surface area contributed by atoms with Crippen LogP contribution in [0.3, 0.4) is 0 Å². The van der Waals surface area contributed by atoms with E-state index in [1.807, 2.05) is 17.5 Å². The fourth-order valence-electron chi connectivity index (χ4n) is 2.12. The molecular formula is C18H18ClN3O3S3. The minimum Gasteiger partial charge on any atom is -0.486 e. The number of nitrogens with zero attached hydrogens (tertiary/aromatic N) is 3. The Kier molecular flexibility index (Phi) is 6.95. The second-order valence-electron chi connectivity index (χ2n) is 5.88. The van der Waals surface area contributed by atoms with E-state index in [-0.39, 0.29) is 4.90 Å². The van der Waals surface area contributed by atoms with Crippen LogP contribution in [-0.2, 0) is 22.4 Å². The van der Waals surface area contributed by atoms with E-state index >= 15 is 0 Å². The molecule has 1 aromatic carbocycles. The fourth-order valence-corrected chi connectivity index (χ4v) is 4.64. The number of hydrogen-bond acceptors (Lipinski definition) is 7. The average molecular weight is 456 g/mol. The van der Waals surface area contributed by atoms with Gasteiger partial charge in [-0.3, -0.25) is 0 Å². The Morgan fingerprint density at radius 1 is 1.18 bits per heavy atom. The minimum absolute atomic E-state index is 0.178. The van der Waals surface area contributed by atoms with Crippen molar-refractivity contribution in [2.75, 3.05) is 14.1 Å². The monoisotopic (exact) mass is 455 g/mol. The molecule has 3 aromatic rings. The molecule has 0 aliphatic rings. The first-order valence-corrected chi connectivity index (χ1v) is 11.9. The average Bonchev–Trinajstić information content (AvgIpc) is 3.14. The van der Waals surface area contributed by atoms with Gasteiger partial charge in [-0.2, -0.15) is 0 Å². The van der Waals surface area contributed by atoms with E-state index in [2.05, 4.69) is 9.97 Å². The van der Waals surface area contributed by atoms with Gasteiger partial charge in [-0.25, -0.2) is 22.7 Å². The number of ether oxygens (including phenoxy) is 1. The summed E-state index contributed by atoms with van der Waals surface area (Å²) >= 11 is 8.89. The largest absolute Gasteiger partial charge is 0.486 e. The number of halogens is 1. The van der Waals surface area contributed by atoms with E-state index in [1.54, 1.807) is 24.3 Å². The van der Waals surface area contributed by atoms with Crippen molar-refractivity contribution in [3.05, 3.63) is 63.7 Å². The van der Waals surface area contributed by atoms with E-state index in [9.17, 15) is 8.42 Å². The highest BCUT2D eigenvalue weighted by molar-refractivity contribution is 7.98. The number of hydrogen-bond donors (Lipinski definition) is 0. The Morgan fingerprint density at radius 3 is 2.57 bits per heavy atom. The lowest BCUT2D eigenvalue weighted by Gasteiger charge is -2.10. The number of benzene rings is 1. The van der Waals surface area contributed by atoms with Gasteiger partial charge in [0.05, 0.1) is 10.7 Å². The molecule has 0 N–H and O–H groups in total. The summed E-state index contributed by atoms with van der Waals surface area (Å²) in [5, 5.41) is 4.27. The van der Waals surface area contributed by atoms with E-state index in [0.717, 1.165) is 21.5 Å². The quantitative estimate of drug-likeness (QED) is 0.471.